The van der Waals surface area contributed by atoms with Gasteiger partial charge in [0.15, 0.2) is 0 Å². The normalized spacial score (nSPS) is 10.3. The summed E-state index contributed by atoms with van der Waals surface area (Å²) < 4.78 is 4.77. The number of benzene rings is 2. The van der Waals surface area contributed by atoms with Gasteiger partial charge < -0.3 is 15.4 Å². The van der Waals surface area contributed by atoms with Crippen LogP contribution in [0.2, 0.25) is 10.0 Å². The minimum Gasteiger partial charge on any atom is -0.375 e. The molecule has 0 aromatic heterocycles. The molecule has 126 valence electrons. The summed E-state index contributed by atoms with van der Waals surface area (Å²) in [4.78, 5) is 23.9. The minimum absolute atomic E-state index is 0.0249. The van der Waals surface area contributed by atoms with Crippen LogP contribution in [0, 0.1) is 6.92 Å². The second kappa shape index (κ2) is 8.15. The van der Waals surface area contributed by atoms with E-state index in [-0.39, 0.29) is 28.1 Å². The van der Waals surface area contributed by atoms with Gasteiger partial charge >= 0.3 is 0 Å². The molecule has 7 heteroatoms. The molecule has 0 radical (unpaired) electrons. The van der Waals surface area contributed by atoms with Crippen LogP contribution < -0.4 is 10.6 Å². The molecule has 5 nitrogen and oxygen atoms in total. The van der Waals surface area contributed by atoms with E-state index >= 15 is 0 Å². The van der Waals surface area contributed by atoms with Crippen LogP contribution >= 0.6 is 23.2 Å². The molecule has 0 saturated carbocycles. The number of amides is 2. The van der Waals surface area contributed by atoms with Crippen LogP contribution in [0.3, 0.4) is 0 Å². The molecule has 0 aliphatic heterocycles. The lowest BCUT2D eigenvalue weighted by Crippen LogP contribution is -2.18. The van der Waals surface area contributed by atoms with E-state index in [0.29, 0.717) is 11.4 Å². The van der Waals surface area contributed by atoms with E-state index in [0.717, 1.165) is 5.56 Å². The van der Waals surface area contributed by atoms with Crippen molar-refractivity contribution in [3.63, 3.8) is 0 Å². The molecule has 2 aromatic rings. The molecule has 0 aliphatic carbocycles. The van der Waals surface area contributed by atoms with Gasteiger partial charge in [0.25, 0.3) is 5.91 Å². The Kier molecular flexibility index (Phi) is 6.20. The van der Waals surface area contributed by atoms with E-state index < -0.39 is 5.91 Å². The zero-order valence-corrected chi connectivity index (χ0v) is 14.7. The van der Waals surface area contributed by atoms with Gasteiger partial charge in [0.2, 0.25) is 5.91 Å². The predicted molar refractivity (Wildman–Crippen MR) is 96.1 cm³/mol. The van der Waals surface area contributed by atoms with E-state index in [1.54, 1.807) is 36.4 Å². The zero-order valence-electron chi connectivity index (χ0n) is 13.2. The van der Waals surface area contributed by atoms with Crippen molar-refractivity contribution in [2.45, 2.75) is 6.92 Å². The number of rotatable bonds is 5. The highest BCUT2D eigenvalue weighted by Crippen LogP contribution is 2.26. The molecule has 0 bridgehead atoms. The third-order valence-electron chi connectivity index (χ3n) is 3.22. The largest absolute Gasteiger partial charge is 0.375 e. The standard InChI is InChI=1S/C17H16Cl2N2O3/c1-10-8-11(6-7-14(10)21-15(22)9-24-2)20-17(23)16-12(18)4-3-5-13(16)19/h3-8H,9H2,1-2H3,(H,20,23)(H,21,22). The summed E-state index contributed by atoms with van der Waals surface area (Å²) in [5.74, 6) is -0.651. The molecule has 24 heavy (non-hydrogen) atoms. The van der Waals surface area contributed by atoms with Crippen molar-refractivity contribution in [1.29, 1.82) is 0 Å². The summed E-state index contributed by atoms with van der Waals surface area (Å²) in [5, 5.41) is 6.02. The predicted octanol–water partition coefficient (Wildman–Crippen LogP) is 4.14. The molecule has 0 aliphatic rings. The molecule has 0 atom stereocenters. The Bertz CT molecular complexity index is 758. The fourth-order valence-electron chi connectivity index (χ4n) is 2.11. The van der Waals surface area contributed by atoms with Crippen molar-refractivity contribution < 1.29 is 14.3 Å². The third-order valence-corrected chi connectivity index (χ3v) is 3.85. The average molecular weight is 367 g/mol. The molecular formula is C17H16Cl2N2O3. The van der Waals surface area contributed by atoms with Crippen LogP contribution in [0.4, 0.5) is 11.4 Å². The third kappa shape index (κ3) is 4.47. The number of anilines is 2. The zero-order chi connectivity index (χ0) is 17.7. The monoisotopic (exact) mass is 366 g/mol. The van der Waals surface area contributed by atoms with E-state index in [9.17, 15) is 9.59 Å². The lowest BCUT2D eigenvalue weighted by atomic mass is 10.1. The Balaban J connectivity index is 2.15. The van der Waals surface area contributed by atoms with Crippen LogP contribution in [-0.4, -0.2) is 25.5 Å². The first-order chi connectivity index (χ1) is 11.4. The summed E-state index contributed by atoms with van der Waals surface area (Å²) >= 11 is 12.1. The molecule has 0 heterocycles. The molecule has 0 fully saturated rings. The SMILES string of the molecule is COCC(=O)Nc1ccc(NC(=O)c2c(Cl)cccc2Cl)cc1C. The van der Waals surface area contributed by atoms with E-state index in [2.05, 4.69) is 10.6 Å². The number of halogens is 2. The van der Waals surface area contributed by atoms with Crippen LogP contribution in [-0.2, 0) is 9.53 Å². The van der Waals surface area contributed by atoms with Gasteiger partial charge in [-0.05, 0) is 42.8 Å². The van der Waals surface area contributed by atoms with Gasteiger partial charge in [-0.15, -0.1) is 0 Å². The smallest absolute Gasteiger partial charge is 0.258 e. The number of aryl methyl sites for hydroxylation is 1. The number of methoxy groups -OCH3 is 1. The summed E-state index contributed by atoms with van der Waals surface area (Å²) in [6.45, 7) is 1.80. The van der Waals surface area contributed by atoms with Crippen LogP contribution in [0.15, 0.2) is 36.4 Å². The number of hydrogen-bond donors (Lipinski definition) is 2. The molecule has 2 N–H and O–H groups in total. The fraction of sp³-hybridized carbons (Fsp3) is 0.176. The number of hydrogen-bond acceptors (Lipinski definition) is 3. The number of ether oxygens (including phenoxy) is 1. The molecule has 2 amide bonds. The van der Waals surface area contributed by atoms with E-state index in [1.807, 2.05) is 6.92 Å². The quantitative estimate of drug-likeness (QED) is 0.835. The fourth-order valence-corrected chi connectivity index (χ4v) is 2.68. The first-order valence-electron chi connectivity index (χ1n) is 7.07. The Morgan fingerprint density at radius 1 is 1.08 bits per heavy atom. The van der Waals surface area contributed by atoms with Crippen molar-refractivity contribution in [1.82, 2.24) is 0 Å². The van der Waals surface area contributed by atoms with Crippen LogP contribution in [0.25, 0.3) is 0 Å². The second-order valence-electron chi connectivity index (χ2n) is 5.06. The highest BCUT2D eigenvalue weighted by Gasteiger charge is 2.15. The number of carbonyl (C=O) groups is 2. The summed E-state index contributed by atoms with van der Waals surface area (Å²) in [5.41, 5.74) is 2.22. The lowest BCUT2D eigenvalue weighted by Gasteiger charge is -2.12. The van der Waals surface area contributed by atoms with Crippen molar-refractivity contribution in [3.05, 3.63) is 57.6 Å². The Hall–Kier alpha value is -2.08. The maximum Gasteiger partial charge on any atom is 0.258 e. The number of carbonyl (C=O) groups excluding carboxylic acids is 2. The summed E-state index contributed by atoms with van der Waals surface area (Å²) in [6, 6.07) is 9.99. The molecule has 2 aromatic carbocycles. The Morgan fingerprint density at radius 2 is 1.75 bits per heavy atom. The van der Waals surface area contributed by atoms with Gasteiger partial charge in [0.1, 0.15) is 6.61 Å². The molecule has 0 unspecified atom stereocenters. The molecule has 0 saturated heterocycles. The van der Waals surface area contributed by atoms with E-state index in [1.165, 1.54) is 7.11 Å². The van der Waals surface area contributed by atoms with Crippen LogP contribution in [0.1, 0.15) is 15.9 Å². The van der Waals surface area contributed by atoms with Gasteiger partial charge in [0, 0.05) is 18.5 Å². The average Bonchev–Trinajstić information content (AvgIpc) is 2.50. The van der Waals surface area contributed by atoms with Crippen molar-refractivity contribution in [2.75, 3.05) is 24.4 Å². The minimum atomic E-state index is -0.402. The molecule has 0 spiro atoms. The van der Waals surface area contributed by atoms with Gasteiger partial charge in [-0.3, -0.25) is 9.59 Å². The topological polar surface area (TPSA) is 67.4 Å². The second-order valence-corrected chi connectivity index (χ2v) is 5.88. The lowest BCUT2D eigenvalue weighted by molar-refractivity contribution is -0.119. The van der Waals surface area contributed by atoms with Gasteiger partial charge in [-0.25, -0.2) is 0 Å². The summed E-state index contributed by atoms with van der Waals surface area (Å²) in [6.07, 6.45) is 0. The van der Waals surface area contributed by atoms with Crippen molar-refractivity contribution in [3.8, 4) is 0 Å². The Labute approximate surface area is 149 Å². The number of nitrogens with one attached hydrogen (secondary N) is 2. The first-order valence-corrected chi connectivity index (χ1v) is 7.82. The molecule has 2 rings (SSSR count). The highest BCUT2D eigenvalue weighted by molar-refractivity contribution is 6.40. The van der Waals surface area contributed by atoms with Gasteiger partial charge in [-0.1, -0.05) is 29.3 Å². The Morgan fingerprint density at radius 3 is 2.33 bits per heavy atom. The first kappa shape index (κ1) is 18.3. The van der Waals surface area contributed by atoms with E-state index in [4.69, 9.17) is 27.9 Å². The van der Waals surface area contributed by atoms with Crippen molar-refractivity contribution in [2.24, 2.45) is 0 Å². The van der Waals surface area contributed by atoms with Gasteiger partial charge in [-0.2, -0.15) is 0 Å². The summed E-state index contributed by atoms with van der Waals surface area (Å²) in [7, 11) is 1.45. The maximum atomic E-state index is 12.3. The molecular weight excluding hydrogens is 351 g/mol. The van der Waals surface area contributed by atoms with Crippen molar-refractivity contribution >= 4 is 46.4 Å². The van der Waals surface area contributed by atoms with Gasteiger partial charge in [0.05, 0.1) is 15.6 Å². The van der Waals surface area contributed by atoms with Crippen LogP contribution in [0.5, 0.6) is 0 Å². The highest BCUT2D eigenvalue weighted by atomic mass is 35.5. The maximum absolute atomic E-state index is 12.3.